The van der Waals surface area contributed by atoms with Crippen molar-refractivity contribution in [2.24, 2.45) is 5.92 Å². The Labute approximate surface area is 123 Å². The van der Waals surface area contributed by atoms with Gasteiger partial charge in [-0.2, -0.15) is 0 Å². The van der Waals surface area contributed by atoms with Crippen LogP contribution in [0.4, 0.5) is 0 Å². The number of para-hydroxylation sites is 1. The van der Waals surface area contributed by atoms with Gasteiger partial charge in [0.2, 0.25) is 0 Å². The molecule has 0 saturated heterocycles. The van der Waals surface area contributed by atoms with Crippen LogP contribution in [0.3, 0.4) is 0 Å². The first kappa shape index (κ1) is 13.9. The maximum atomic E-state index is 11.5. The molecule has 0 saturated carbocycles. The standard InChI is InChI=1S/C17H19NO3/c19-17(20)16-13-8-4-5-9-14(13)21-15(16)11-18-10-12-6-2-1-3-7-12/h1-2,4-5,8-9,12,18H,3,6-7,10-11H2,(H,19,20). The van der Waals surface area contributed by atoms with Crippen molar-refractivity contribution < 1.29 is 14.3 Å². The lowest BCUT2D eigenvalue weighted by molar-refractivity contribution is 0.0696. The fourth-order valence-corrected chi connectivity index (χ4v) is 2.89. The first-order valence-electron chi connectivity index (χ1n) is 7.35. The number of hydrogen-bond acceptors (Lipinski definition) is 3. The Morgan fingerprint density at radius 1 is 1.33 bits per heavy atom. The van der Waals surface area contributed by atoms with E-state index in [9.17, 15) is 9.90 Å². The third-order valence-corrected chi connectivity index (χ3v) is 3.98. The molecule has 4 nitrogen and oxygen atoms in total. The maximum Gasteiger partial charge on any atom is 0.339 e. The summed E-state index contributed by atoms with van der Waals surface area (Å²) in [5.41, 5.74) is 0.911. The van der Waals surface area contributed by atoms with Gasteiger partial charge in [-0.1, -0.05) is 30.4 Å². The highest BCUT2D eigenvalue weighted by Gasteiger charge is 2.19. The summed E-state index contributed by atoms with van der Waals surface area (Å²) >= 11 is 0. The molecule has 2 aromatic rings. The van der Waals surface area contributed by atoms with Crippen LogP contribution in [0.25, 0.3) is 11.0 Å². The molecule has 4 heteroatoms. The second-order valence-electron chi connectivity index (χ2n) is 5.48. The van der Waals surface area contributed by atoms with Gasteiger partial charge in [-0.15, -0.1) is 0 Å². The van der Waals surface area contributed by atoms with E-state index in [2.05, 4.69) is 17.5 Å². The average Bonchev–Trinajstić information content (AvgIpc) is 2.86. The predicted molar refractivity (Wildman–Crippen MR) is 81.4 cm³/mol. The fraction of sp³-hybridized carbons (Fsp3) is 0.353. The molecule has 1 aliphatic carbocycles. The first-order chi connectivity index (χ1) is 10.3. The van der Waals surface area contributed by atoms with Gasteiger partial charge in [-0.25, -0.2) is 4.79 Å². The van der Waals surface area contributed by atoms with E-state index < -0.39 is 5.97 Å². The molecule has 1 heterocycles. The third kappa shape index (κ3) is 3.00. The second-order valence-corrected chi connectivity index (χ2v) is 5.48. The highest BCUT2D eigenvalue weighted by atomic mass is 16.4. The van der Waals surface area contributed by atoms with E-state index >= 15 is 0 Å². The summed E-state index contributed by atoms with van der Waals surface area (Å²) in [7, 11) is 0. The minimum atomic E-state index is -0.933. The highest BCUT2D eigenvalue weighted by molar-refractivity contribution is 6.03. The summed E-state index contributed by atoms with van der Waals surface area (Å²) in [6.07, 6.45) is 7.86. The Balaban J connectivity index is 1.72. The summed E-state index contributed by atoms with van der Waals surface area (Å²) in [6, 6.07) is 7.27. The Bertz CT molecular complexity index is 672. The quantitative estimate of drug-likeness (QED) is 0.824. The van der Waals surface area contributed by atoms with Gasteiger partial charge in [0.05, 0.1) is 6.54 Å². The van der Waals surface area contributed by atoms with Crippen LogP contribution in [-0.4, -0.2) is 17.6 Å². The topological polar surface area (TPSA) is 62.5 Å². The van der Waals surface area contributed by atoms with Crippen molar-refractivity contribution in [3.63, 3.8) is 0 Å². The van der Waals surface area contributed by atoms with Gasteiger partial charge < -0.3 is 14.8 Å². The zero-order chi connectivity index (χ0) is 14.7. The molecule has 1 atom stereocenters. The van der Waals surface area contributed by atoms with Crippen LogP contribution in [0.15, 0.2) is 40.8 Å². The lowest BCUT2D eigenvalue weighted by Crippen LogP contribution is -2.23. The molecule has 1 aromatic heterocycles. The van der Waals surface area contributed by atoms with Gasteiger partial charge in [0.1, 0.15) is 16.9 Å². The molecular weight excluding hydrogens is 266 g/mol. The van der Waals surface area contributed by atoms with Crippen LogP contribution in [-0.2, 0) is 6.54 Å². The SMILES string of the molecule is O=C(O)c1c(CNCC2CC=CCC2)oc2ccccc12. The molecule has 0 aliphatic heterocycles. The summed E-state index contributed by atoms with van der Waals surface area (Å²) in [4.78, 5) is 11.5. The molecule has 0 bridgehead atoms. The van der Waals surface area contributed by atoms with Gasteiger partial charge >= 0.3 is 5.97 Å². The van der Waals surface area contributed by atoms with E-state index in [1.54, 1.807) is 12.1 Å². The van der Waals surface area contributed by atoms with E-state index in [-0.39, 0.29) is 5.56 Å². The van der Waals surface area contributed by atoms with Crippen molar-refractivity contribution in [3.05, 3.63) is 47.7 Å². The summed E-state index contributed by atoms with van der Waals surface area (Å²) in [5.74, 6) is 0.208. The Kier molecular flexibility index (Phi) is 4.06. The van der Waals surface area contributed by atoms with E-state index in [1.807, 2.05) is 12.1 Å². The van der Waals surface area contributed by atoms with Crippen molar-refractivity contribution >= 4 is 16.9 Å². The molecule has 1 aliphatic rings. The van der Waals surface area contributed by atoms with Crippen molar-refractivity contribution in [1.29, 1.82) is 0 Å². The molecule has 3 rings (SSSR count). The molecule has 0 fully saturated rings. The van der Waals surface area contributed by atoms with Gasteiger partial charge in [-0.3, -0.25) is 0 Å². The van der Waals surface area contributed by atoms with E-state index in [4.69, 9.17) is 4.42 Å². The van der Waals surface area contributed by atoms with E-state index in [0.717, 1.165) is 19.4 Å². The summed E-state index contributed by atoms with van der Waals surface area (Å²) < 4.78 is 5.69. The van der Waals surface area contributed by atoms with Gasteiger partial charge in [0, 0.05) is 5.39 Å². The Morgan fingerprint density at radius 3 is 2.95 bits per heavy atom. The maximum absolute atomic E-state index is 11.5. The molecule has 1 unspecified atom stereocenters. The number of fused-ring (bicyclic) bond motifs is 1. The summed E-state index contributed by atoms with van der Waals surface area (Å²) in [6.45, 7) is 1.34. The minimum absolute atomic E-state index is 0.279. The number of benzene rings is 1. The molecule has 0 radical (unpaired) electrons. The Hall–Kier alpha value is -2.07. The summed E-state index contributed by atoms with van der Waals surface area (Å²) in [5, 5.41) is 13.4. The molecule has 1 aromatic carbocycles. The number of nitrogens with one attached hydrogen (secondary N) is 1. The highest BCUT2D eigenvalue weighted by Crippen LogP contribution is 2.26. The molecule has 2 N–H and O–H groups in total. The van der Waals surface area contributed by atoms with Crippen LogP contribution >= 0.6 is 0 Å². The van der Waals surface area contributed by atoms with Crippen LogP contribution in [0.1, 0.15) is 35.4 Å². The van der Waals surface area contributed by atoms with Crippen molar-refractivity contribution in [3.8, 4) is 0 Å². The minimum Gasteiger partial charge on any atom is -0.478 e. The van der Waals surface area contributed by atoms with Crippen molar-refractivity contribution in [1.82, 2.24) is 5.32 Å². The van der Waals surface area contributed by atoms with E-state index in [0.29, 0.717) is 29.2 Å². The second kappa shape index (κ2) is 6.14. The fourth-order valence-electron chi connectivity index (χ4n) is 2.89. The molecule has 110 valence electrons. The van der Waals surface area contributed by atoms with Crippen molar-refractivity contribution in [2.75, 3.05) is 6.54 Å². The van der Waals surface area contributed by atoms with Crippen LogP contribution in [0.2, 0.25) is 0 Å². The van der Waals surface area contributed by atoms with Crippen LogP contribution in [0.5, 0.6) is 0 Å². The number of allylic oxidation sites excluding steroid dienone is 2. The number of hydrogen-bond donors (Lipinski definition) is 2. The molecular formula is C17H19NO3. The molecule has 21 heavy (non-hydrogen) atoms. The van der Waals surface area contributed by atoms with Gasteiger partial charge in [0.25, 0.3) is 0 Å². The van der Waals surface area contributed by atoms with Crippen LogP contribution < -0.4 is 5.32 Å². The zero-order valence-electron chi connectivity index (χ0n) is 11.8. The number of carbonyl (C=O) groups is 1. The lowest BCUT2D eigenvalue weighted by Gasteiger charge is -2.17. The average molecular weight is 285 g/mol. The zero-order valence-corrected chi connectivity index (χ0v) is 11.8. The number of rotatable bonds is 5. The van der Waals surface area contributed by atoms with E-state index in [1.165, 1.54) is 6.42 Å². The lowest BCUT2D eigenvalue weighted by atomic mass is 9.94. The van der Waals surface area contributed by atoms with Gasteiger partial charge in [0.15, 0.2) is 0 Å². The largest absolute Gasteiger partial charge is 0.478 e. The predicted octanol–water partition coefficient (Wildman–Crippen LogP) is 3.58. The number of carboxylic acids is 1. The molecule has 0 amide bonds. The van der Waals surface area contributed by atoms with Gasteiger partial charge in [-0.05, 0) is 37.8 Å². The molecule has 0 spiro atoms. The Morgan fingerprint density at radius 2 is 2.19 bits per heavy atom. The number of carboxylic acid groups (broad SMARTS) is 1. The normalized spacial score (nSPS) is 18.2. The van der Waals surface area contributed by atoms with Crippen LogP contribution in [0, 0.1) is 5.92 Å². The third-order valence-electron chi connectivity index (χ3n) is 3.98. The smallest absolute Gasteiger partial charge is 0.339 e. The van der Waals surface area contributed by atoms with Crippen molar-refractivity contribution in [2.45, 2.75) is 25.8 Å². The number of furan rings is 1. The number of aromatic carboxylic acids is 1. The monoisotopic (exact) mass is 285 g/mol. The first-order valence-corrected chi connectivity index (χ1v) is 7.35.